The van der Waals surface area contributed by atoms with Crippen molar-refractivity contribution in [3.63, 3.8) is 0 Å². The number of rotatable bonds is 6. The third kappa shape index (κ3) is 3.55. The summed E-state index contributed by atoms with van der Waals surface area (Å²) < 4.78 is 28.8. The number of nitrogens with one attached hydrogen (secondary N) is 2. The van der Waals surface area contributed by atoms with Crippen molar-refractivity contribution in [2.75, 3.05) is 13.1 Å². The van der Waals surface area contributed by atoms with E-state index in [4.69, 9.17) is 0 Å². The third-order valence-corrected chi connectivity index (χ3v) is 4.67. The molecule has 0 aromatic carbocycles. The van der Waals surface area contributed by atoms with Crippen LogP contribution in [0.15, 0.2) is 11.2 Å². The van der Waals surface area contributed by atoms with Gasteiger partial charge in [-0.05, 0) is 32.7 Å². The zero-order valence-corrected chi connectivity index (χ0v) is 12.3. The molecule has 0 amide bonds. The first-order chi connectivity index (χ1) is 9.03. The van der Waals surface area contributed by atoms with Gasteiger partial charge in [0.15, 0.2) is 5.03 Å². The molecule has 108 valence electrons. The van der Waals surface area contributed by atoms with Crippen molar-refractivity contribution in [2.45, 2.75) is 50.7 Å². The summed E-state index contributed by atoms with van der Waals surface area (Å²) in [7, 11) is -3.49. The Morgan fingerprint density at radius 2 is 2.37 bits per heavy atom. The molecule has 0 aliphatic carbocycles. The molecule has 6 nitrogen and oxygen atoms in total. The zero-order chi connectivity index (χ0) is 13.9. The second kappa shape index (κ2) is 6.02. The zero-order valence-electron chi connectivity index (χ0n) is 11.5. The number of nitrogens with zero attached hydrogens (tertiary/aromatic N) is 2. The summed E-state index contributed by atoms with van der Waals surface area (Å²) >= 11 is 0. The van der Waals surface area contributed by atoms with E-state index in [1.165, 1.54) is 0 Å². The third-order valence-electron chi connectivity index (χ3n) is 3.38. The number of aryl methyl sites for hydroxylation is 2. The molecule has 2 heterocycles. The van der Waals surface area contributed by atoms with Crippen LogP contribution >= 0.6 is 0 Å². The summed E-state index contributed by atoms with van der Waals surface area (Å²) in [4.78, 5) is 4.14. The van der Waals surface area contributed by atoms with Gasteiger partial charge >= 0.3 is 0 Å². The van der Waals surface area contributed by atoms with Gasteiger partial charge in [0.1, 0.15) is 5.82 Å². The topological polar surface area (TPSA) is 76.0 Å². The van der Waals surface area contributed by atoms with Gasteiger partial charge in [0.05, 0.1) is 0 Å². The van der Waals surface area contributed by atoms with E-state index < -0.39 is 10.0 Å². The van der Waals surface area contributed by atoms with E-state index in [2.05, 4.69) is 21.9 Å². The van der Waals surface area contributed by atoms with Gasteiger partial charge in [0.2, 0.25) is 0 Å². The van der Waals surface area contributed by atoms with Crippen LogP contribution in [0.2, 0.25) is 0 Å². The van der Waals surface area contributed by atoms with Crippen molar-refractivity contribution < 1.29 is 8.42 Å². The maximum atomic E-state index is 12.1. The summed E-state index contributed by atoms with van der Waals surface area (Å²) in [5, 5.41) is 3.39. The molecule has 1 atom stereocenters. The molecule has 0 saturated carbocycles. The number of sulfonamides is 1. The molecule has 1 aliphatic heterocycles. The standard InChI is InChI=1S/C12H22N4O2S/c1-3-7-16-9-12(15-10(16)2)19(17,18)14-8-11-5-4-6-13-11/h9,11,13-14H,3-8H2,1-2H3. The van der Waals surface area contributed by atoms with Crippen LogP contribution in [-0.4, -0.2) is 37.1 Å². The fourth-order valence-corrected chi connectivity index (χ4v) is 3.38. The molecule has 1 aromatic heterocycles. The van der Waals surface area contributed by atoms with Crippen molar-refractivity contribution in [1.82, 2.24) is 19.6 Å². The first-order valence-electron chi connectivity index (χ1n) is 6.79. The molecule has 1 aliphatic rings. The Bertz CT molecular complexity index is 518. The molecule has 2 rings (SSSR count). The maximum absolute atomic E-state index is 12.1. The second-order valence-corrected chi connectivity index (χ2v) is 6.68. The van der Waals surface area contributed by atoms with E-state index in [9.17, 15) is 8.42 Å². The SMILES string of the molecule is CCCn1cc(S(=O)(=O)NCC2CCCN2)nc1C. The van der Waals surface area contributed by atoms with E-state index in [-0.39, 0.29) is 11.1 Å². The molecule has 1 aromatic rings. The minimum atomic E-state index is -3.49. The summed E-state index contributed by atoms with van der Waals surface area (Å²) in [6.07, 6.45) is 4.70. The lowest BCUT2D eigenvalue weighted by molar-refractivity contribution is 0.549. The second-order valence-electron chi connectivity index (χ2n) is 4.96. The fourth-order valence-electron chi connectivity index (χ4n) is 2.29. The van der Waals surface area contributed by atoms with Crippen LogP contribution in [0.4, 0.5) is 0 Å². The minimum Gasteiger partial charge on any atom is -0.334 e. The normalized spacial score (nSPS) is 20.0. The Morgan fingerprint density at radius 1 is 1.58 bits per heavy atom. The highest BCUT2D eigenvalue weighted by Gasteiger charge is 2.22. The first kappa shape index (κ1) is 14.5. The smallest absolute Gasteiger partial charge is 0.259 e. The first-order valence-corrected chi connectivity index (χ1v) is 8.28. The van der Waals surface area contributed by atoms with Crippen LogP contribution in [0.3, 0.4) is 0 Å². The highest BCUT2D eigenvalue weighted by Crippen LogP contribution is 2.10. The molecule has 0 bridgehead atoms. The monoisotopic (exact) mass is 286 g/mol. The van der Waals surface area contributed by atoms with Crippen LogP contribution in [0, 0.1) is 6.92 Å². The van der Waals surface area contributed by atoms with Crippen molar-refractivity contribution in [3.8, 4) is 0 Å². The van der Waals surface area contributed by atoms with Gasteiger partial charge in [-0.2, -0.15) is 0 Å². The molecular weight excluding hydrogens is 264 g/mol. The molecule has 1 unspecified atom stereocenters. The van der Waals surface area contributed by atoms with Gasteiger partial charge in [-0.15, -0.1) is 0 Å². The Kier molecular flexibility index (Phi) is 4.59. The number of hydrogen-bond acceptors (Lipinski definition) is 4. The molecule has 0 radical (unpaired) electrons. The highest BCUT2D eigenvalue weighted by atomic mass is 32.2. The Balaban J connectivity index is 2.03. The predicted octanol–water partition coefficient (Wildman–Crippen LogP) is 0.632. The summed E-state index contributed by atoms with van der Waals surface area (Å²) in [5.41, 5.74) is 0. The minimum absolute atomic E-state index is 0.122. The lowest BCUT2D eigenvalue weighted by Crippen LogP contribution is -2.37. The van der Waals surface area contributed by atoms with E-state index in [0.29, 0.717) is 6.54 Å². The number of aromatic nitrogens is 2. The van der Waals surface area contributed by atoms with Crippen LogP contribution in [0.5, 0.6) is 0 Å². The van der Waals surface area contributed by atoms with E-state index in [1.54, 1.807) is 6.20 Å². The summed E-state index contributed by atoms with van der Waals surface area (Å²) in [6, 6.07) is 0.244. The molecule has 1 fully saturated rings. The quantitative estimate of drug-likeness (QED) is 0.804. The van der Waals surface area contributed by atoms with Crippen LogP contribution in [0.25, 0.3) is 0 Å². The Morgan fingerprint density at radius 3 is 3.00 bits per heavy atom. The summed E-state index contributed by atoms with van der Waals surface area (Å²) in [6.45, 7) is 6.07. The lowest BCUT2D eigenvalue weighted by Gasteiger charge is -2.10. The average Bonchev–Trinajstić information content (AvgIpc) is 2.98. The highest BCUT2D eigenvalue weighted by molar-refractivity contribution is 7.89. The molecule has 1 saturated heterocycles. The van der Waals surface area contributed by atoms with Gasteiger partial charge in [-0.3, -0.25) is 0 Å². The van der Waals surface area contributed by atoms with Gasteiger partial charge in [-0.1, -0.05) is 6.92 Å². The average molecular weight is 286 g/mol. The van der Waals surface area contributed by atoms with Crippen LogP contribution in [-0.2, 0) is 16.6 Å². The van der Waals surface area contributed by atoms with Crippen LogP contribution < -0.4 is 10.0 Å². The molecule has 19 heavy (non-hydrogen) atoms. The Hall–Kier alpha value is -0.920. The molecular formula is C12H22N4O2S. The van der Waals surface area contributed by atoms with Gasteiger partial charge in [0, 0.05) is 25.3 Å². The van der Waals surface area contributed by atoms with E-state index >= 15 is 0 Å². The fraction of sp³-hybridized carbons (Fsp3) is 0.750. The number of hydrogen-bond donors (Lipinski definition) is 2. The molecule has 7 heteroatoms. The van der Waals surface area contributed by atoms with Gasteiger partial charge < -0.3 is 9.88 Å². The predicted molar refractivity (Wildman–Crippen MR) is 73.5 cm³/mol. The Labute approximate surface area is 114 Å². The maximum Gasteiger partial charge on any atom is 0.259 e. The van der Waals surface area contributed by atoms with Gasteiger partial charge in [-0.25, -0.2) is 18.1 Å². The van der Waals surface area contributed by atoms with Gasteiger partial charge in [0.25, 0.3) is 10.0 Å². The lowest BCUT2D eigenvalue weighted by atomic mass is 10.2. The molecule has 2 N–H and O–H groups in total. The van der Waals surface area contributed by atoms with Crippen molar-refractivity contribution >= 4 is 10.0 Å². The largest absolute Gasteiger partial charge is 0.334 e. The number of imidazole rings is 1. The summed E-state index contributed by atoms with van der Waals surface area (Å²) in [5.74, 6) is 0.737. The molecule has 0 spiro atoms. The van der Waals surface area contributed by atoms with Crippen molar-refractivity contribution in [2.24, 2.45) is 0 Å². The van der Waals surface area contributed by atoms with E-state index in [1.807, 2.05) is 11.5 Å². The van der Waals surface area contributed by atoms with E-state index in [0.717, 1.165) is 38.2 Å². The van der Waals surface area contributed by atoms with Crippen molar-refractivity contribution in [1.29, 1.82) is 0 Å². The van der Waals surface area contributed by atoms with Crippen molar-refractivity contribution in [3.05, 3.63) is 12.0 Å². The van der Waals surface area contributed by atoms with Crippen LogP contribution in [0.1, 0.15) is 32.0 Å².